The summed E-state index contributed by atoms with van der Waals surface area (Å²) in [4.78, 5) is 14.9. The van der Waals surface area contributed by atoms with Crippen molar-refractivity contribution in [1.82, 2.24) is 24.5 Å². The molecule has 0 amide bonds. The van der Waals surface area contributed by atoms with Gasteiger partial charge in [0.1, 0.15) is 16.3 Å². The Kier molecular flexibility index (Phi) is 9.51. The van der Waals surface area contributed by atoms with Crippen LogP contribution in [0.25, 0.3) is 22.3 Å². The number of rotatable bonds is 4. The Balaban J connectivity index is 0.000000272. The van der Waals surface area contributed by atoms with Gasteiger partial charge in [-0.2, -0.15) is 9.97 Å². The number of halogens is 1. The highest BCUT2D eigenvalue weighted by molar-refractivity contribution is 7.97. The van der Waals surface area contributed by atoms with Gasteiger partial charge in [-0.1, -0.05) is 45.0 Å². The summed E-state index contributed by atoms with van der Waals surface area (Å²) in [5.41, 5.74) is 1.33. The lowest BCUT2D eigenvalue weighted by atomic mass is 10.00. The third kappa shape index (κ3) is 6.27. The van der Waals surface area contributed by atoms with Crippen LogP contribution in [0.4, 0.5) is 10.2 Å². The first-order chi connectivity index (χ1) is 23.0. The average Bonchev–Trinajstić information content (AvgIpc) is 3.75. The van der Waals surface area contributed by atoms with Crippen LogP contribution >= 0.6 is 11.9 Å². The zero-order valence-electron chi connectivity index (χ0n) is 27.9. The highest BCUT2D eigenvalue weighted by atomic mass is 32.2. The summed E-state index contributed by atoms with van der Waals surface area (Å²) in [6, 6.07) is 12.6. The first-order valence-corrected chi connectivity index (χ1v) is 18.1. The molecule has 0 radical (unpaired) electrons. The number of hydrogen-bond donors (Lipinski definition) is 2. The fourth-order valence-corrected chi connectivity index (χ4v) is 9.06. The molecule has 6 heterocycles. The monoisotopic (exact) mass is 662 g/mol. The van der Waals surface area contributed by atoms with E-state index in [1.54, 1.807) is 12.1 Å². The Hall–Kier alpha value is -3.12. The van der Waals surface area contributed by atoms with Crippen molar-refractivity contribution in [3.8, 4) is 11.8 Å². The standard InChI is InChI=1S/C26H26FN5O3S.C8H15N.C2H6/c1-34-26-29-22-21(27)23(20-9-18(33)8-14-4-2-3-5-19(14)20)32(15-6-7-15)36-24(22)25(30-26)31-16-10-28-11-17(31)13-35-12-16;1-7-5-8-3-2-4-9(8)6-7;1-2/h2-5,8-9,15-17,28,33H,6-7,10-13H2,1H3;7-8H,2-6H2,1H3;1-2H3. The summed E-state index contributed by atoms with van der Waals surface area (Å²) in [5.74, 6) is 1.35. The number of aromatic hydroxyl groups is 1. The van der Waals surface area contributed by atoms with Gasteiger partial charge in [0, 0.05) is 37.3 Å². The maximum Gasteiger partial charge on any atom is 0.318 e. The topological polar surface area (TPSA) is 86.2 Å². The van der Waals surface area contributed by atoms with Crippen molar-refractivity contribution in [3.05, 3.63) is 47.7 Å². The van der Waals surface area contributed by atoms with Crippen LogP contribution in [0.5, 0.6) is 11.8 Å². The largest absolute Gasteiger partial charge is 0.508 e. The van der Waals surface area contributed by atoms with Gasteiger partial charge in [0.05, 0.1) is 38.1 Å². The fraction of sp³-hybridized carbons (Fsp3) is 0.556. The van der Waals surface area contributed by atoms with Crippen LogP contribution in [0.3, 0.4) is 0 Å². The smallest absolute Gasteiger partial charge is 0.318 e. The number of nitrogens with one attached hydrogen (secondary N) is 1. The number of morpholine rings is 1. The minimum Gasteiger partial charge on any atom is -0.508 e. The molecule has 1 aliphatic carbocycles. The van der Waals surface area contributed by atoms with E-state index in [1.165, 1.54) is 51.4 Å². The van der Waals surface area contributed by atoms with Gasteiger partial charge in [0.15, 0.2) is 11.6 Å². The summed E-state index contributed by atoms with van der Waals surface area (Å²) < 4.78 is 30.1. The Morgan fingerprint density at radius 1 is 1.02 bits per heavy atom. The lowest BCUT2D eigenvalue weighted by molar-refractivity contribution is 0.0518. The number of methoxy groups -OCH3 is 1. The summed E-state index contributed by atoms with van der Waals surface area (Å²) in [5, 5.41) is 15.7. The van der Waals surface area contributed by atoms with Crippen LogP contribution < -0.4 is 15.0 Å². The van der Waals surface area contributed by atoms with Gasteiger partial charge in [-0.25, -0.2) is 4.39 Å². The lowest BCUT2D eigenvalue weighted by Crippen LogP contribution is -2.64. The Morgan fingerprint density at radius 3 is 2.51 bits per heavy atom. The molecule has 5 fully saturated rings. The Labute approximate surface area is 281 Å². The maximum atomic E-state index is 16.7. The number of phenolic OH excluding ortho intramolecular Hbond substituents is 1. The molecule has 4 unspecified atom stereocenters. The lowest BCUT2D eigenvalue weighted by Gasteiger charge is -2.47. The number of anilines is 1. The van der Waals surface area contributed by atoms with Gasteiger partial charge in [-0.15, -0.1) is 0 Å². The summed E-state index contributed by atoms with van der Waals surface area (Å²) >= 11 is 1.50. The number of benzene rings is 2. The summed E-state index contributed by atoms with van der Waals surface area (Å²) in [7, 11) is 1.50. The van der Waals surface area contributed by atoms with E-state index in [0.717, 1.165) is 48.7 Å². The quantitative estimate of drug-likeness (QED) is 0.310. The molecule has 11 heteroatoms. The van der Waals surface area contributed by atoms with Crippen molar-refractivity contribution >= 4 is 40.1 Å². The van der Waals surface area contributed by atoms with E-state index in [1.807, 2.05) is 38.1 Å². The van der Waals surface area contributed by atoms with Crippen LogP contribution in [0, 0.1) is 5.92 Å². The second-order valence-corrected chi connectivity index (χ2v) is 14.3. The first kappa shape index (κ1) is 32.4. The minimum atomic E-state index is -0.426. The van der Waals surface area contributed by atoms with Gasteiger partial charge in [0.2, 0.25) is 0 Å². The maximum absolute atomic E-state index is 16.7. The molecule has 9 rings (SSSR count). The molecular weight excluding hydrogens is 616 g/mol. The first-order valence-electron chi connectivity index (χ1n) is 17.3. The number of phenols is 1. The Morgan fingerprint density at radius 2 is 1.79 bits per heavy atom. The molecule has 4 atom stereocenters. The van der Waals surface area contributed by atoms with E-state index in [-0.39, 0.29) is 35.6 Å². The van der Waals surface area contributed by atoms with E-state index in [9.17, 15) is 5.11 Å². The van der Waals surface area contributed by atoms with Crippen LogP contribution in [-0.4, -0.2) is 94.9 Å². The second-order valence-electron chi connectivity index (χ2n) is 13.3. The van der Waals surface area contributed by atoms with Crippen molar-refractivity contribution < 1.29 is 19.0 Å². The van der Waals surface area contributed by atoms with Crippen LogP contribution in [-0.2, 0) is 4.74 Å². The number of hydrogen-bond acceptors (Lipinski definition) is 10. The molecule has 2 N–H and O–H groups in total. The van der Waals surface area contributed by atoms with Crippen molar-refractivity contribution in [2.75, 3.05) is 51.4 Å². The van der Waals surface area contributed by atoms with Gasteiger partial charge in [0.25, 0.3) is 0 Å². The molecule has 1 saturated carbocycles. The van der Waals surface area contributed by atoms with E-state index >= 15 is 4.39 Å². The average molecular weight is 663 g/mol. The zero-order chi connectivity index (χ0) is 32.7. The van der Waals surface area contributed by atoms with Gasteiger partial charge in [-0.05, 0) is 79.4 Å². The van der Waals surface area contributed by atoms with Gasteiger partial charge < -0.3 is 34.0 Å². The SMILES string of the molecule is CC.CC1CC2CCCN2C1.COc1nc2c(c(N3C4CNCC3COC4)n1)SN(C1CC1)C(c1cc(O)cc3ccccc13)=C2F. The van der Waals surface area contributed by atoms with E-state index in [0.29, 0.717) is 35.2 Å². The summed E-state index contributed by atoms with van der Waals surface area (Å²) in [6.07, 6.45) is 6.37. The third-order valence-corrected chi connectivity index (χ3v) is 11.2. The fourth-order valence-electron chi connectivity index (χ4n) is 7.78. The van der Waals surface area contributed by atoms with Crippen LogP contribution in [0.2, 0.25) is 0 Å². The molecule has 6 aliphatic rings. The van der Waals surface area contributed by atoms with E-state index < -0.39 is 5.83 Å². The third-order valence-electron chi connectivity index (χ3n) is 9.95. The molecule has 9 nitrogen and oxygen atoms in total. The van der Waals surface area contributed by atoms with Gasteiger partial charge in [-0.3, -0.25) is 0 Å². The van der Waals surface area contributed by atoms with Gasteiger partial charge >= 0.3 is 6.01 Å². The molecule has 47 heavy (non-hydrogen) atoms. The molecule has 3 aromatic rings. The van der Waals surface area contributed by atoms with Crippen molar-refractivity contribution in [3.63, 3.8) is 0 Å². The zero-order valence-corrected chi connectivity index (χ0v) is 28.7. The predicted molar refractivity (Wildman–Crippen MR) is 186 cm³/mol. The Bertz CT molecular complexity index is 1600. The molecule has 2 bridgehead atoms. The predicted octanol–water partition coefficient (Wildman–Crippen LogP) is 6.32. The highest BCUT2D eigenvalue weighted by Gasteiger charge is 2.44. The number of aromatic nitrogens is 2. The van der Waals surface area contributed by atoms with E-state index in [4.69, 9.17) is 14.5 Å². The number of ether oxygens (including phenoxy) is 2. The molecule has 4 saturated heterocycles. The van der Waals surface area contributed by atoms with Crippen molar-refractivity contribution in [1.29, 1.82) is 0 Å². The number of piperazine rings is 1. The molecule has 2 aromatic carbocycles. The second kappa shape index (κ2) is 13.8. The number of fused-ring (bicyclic) bond motifs is 5. The van der Waals surface area contributed by atoms with Crippen LogP contribution in [0.15, 0.2) is 41.3 Å². The van der Waals surface area contributed by atoms with Crippen molar-refractivity contribution in [2.24, 2.45) is 5.92 Å². The molecule has 1 aromatic heterocycles. The van der Waals surface area contributed by atoms with E-state index in [2.05, 4.69) is 31.3 Å². The van der Waals surface area contributed by atoms with Crippen LogP contribution in [0.1, 0.15) is 64.1 Å². The molecule has 0 spiro atoms. The normalized spacial score (nSPS) is 26.7. The minimum absolute atomic E-state index is 0.0969. The molecule has 252 valence electrons. The van der Waals surface area contributed by atoms with Crippen molar-refractivity contribution in [2.45, 2.75) is 81.9 Å². The summed E-state index contributed by atoms with van der Waals surface area (Å²) in [6.45, 7) is 11.8. The highest BCUT2D eigenvalue weighted by Crippen LogP contribution is 2.54. The molecule has 5 aliphatic heterocycles. The number of nitrogens with zero attached hydrogens (tertiary/aromatic N) is 5. The molecular formula is C36H47FN6O3S.